The number of nitrogens with one attached hydrogen (secondary N) is 1. The molecule has 2 aromatic carbocycles. The number of ether oxygens (including phenoxy) is 1. The van der Waals surface area contributed by atoms with E-state index in [0.29, 0.717) is 17.8 Å². The maximum Gasteiger partial charge on any atom is 0.323 e. The Morgan fingerprint density at radius 3 is 2.12 bits per heavy atom. The summed E-state index contributed by atoms with van der Waals surface area (Å²) >= 11 is 0. The van der Waals surface area contributed by atoms with Gasteiger partial charge in [-0.15, -0.1) is 0 Å². The predicted octanol–water partition coefficient (Wildman–Crippen LogP) is 3.29. The molecule has 0 aliphatic carbocycles. The SMILES string of the molecule is CCN(CC)CCOC(=O)[C@@H](C(=O)Nc1ccccc1)c1ccccc1. The summed E-state index contributed by atoms with van der Waals surface area (Å²) in [6.07, 6.45) is 0. The first-order valence-electron chi connectivity index (χ1n) is 8.95. The van der Waals surface area contributed by atoms with Gasteiger partial charge in [0.2, 0.25) is 5.91 Å². The Morgan fingerprint density at radius 1 is 0.962 bits per heavy atom. The quantitative estimate of drug-likeness (QED) is 0.554. The molecule has 5 heteroatoms. The minimum Gasteiger partial charge on any atom is -0.463 e. The largest absolute Gasteiger partial charge is 0.463 e. The summed E-state index contributed by atoms with van der Waals surface area (Å²) < 4.78 is 5.41. The molecule has 0 unspecified atom stereocenters. The zero-order valence-electron chi connectivity index (χ0n) is 15.4. The summed E-state index contributed by atoms with van der Waals surface area (Å²) in [6.45, 7) is 6.83. The molecule has 0 radical (unpaired) electrons. The zero-order valence-corrected chi connectivity index (χ0v) is 15.4. The highest BCUT2D eigenvalue weighted by Gasteiger charge is 2.30. The second-order valence-electron chi connectivity index (χ2n) is 5.89. The Balaban J connectivity index is 2.08. The molecule has 1 N–H and O–H groups in total. The molecule has 0 fully saturated rings. The van der Waals surface area contributed by atoms with Crippen molar-refractivity contribution < 1.29 is 14.3 Å². The molecule has 0 aliphatic heterocycles. The molecule has 0 saturated heterocycles. The maximum absolute atomic E-state index is 12.7. The fourth-order valence-corrected chi connectivity index (χ4v) is 2.67. The first-order chi connectivity index (χ1) is 12.7. The Kier molecular flexibility index (Phi) is 7.83. The van der Waals surface area contributed by atoms with Gasteiger partial charge in [0, 0.05) is 12.2 Å². The second kappa shape index (κ2) is 10.4. The fourth-order valence-electron chi connectivity index (χ4n) is 2.67. The van der Waals surface area contributed by atoms with Crippen molar-refractivity contribution in [3.63, 3.8) is 0 Å². The van der Waals surface area contributed by atoms with Gasteiger partial charge in [0.15, 0.2) is 5.92 Å². The number of esters is 1. The highest BCUT2D eigenvalue weighted by atomic mass is 16.5. The number of likely N-dealkylation sites (N-methyl/N-ethyl adjacent to an activating group) is 1. The summed E-state index contributed by atoms with van der Waals surface area (Å²) in [4.78, 5) is 27.5. The van der Waals surface area contributed by atoms with E-state index in [1.165, 1.54) is 0 Å². The van der Waals surface area contributed by atoms with Gasteiger partial charge in [-0.3, -0.25) is 9.59 Å². The molecule has 0 bridgehead atoms. The van der Waals surface area contributed by atoms with E-state index in [-0.39, 0.29) is 6.61 Å². The van der Waals surface area contributed by atoms with Crippen molar-refractivity contribution in [3.05, 3.63) is 66.2 Å². The van der Waals surface area contributed by atoms with Crippen LogP contribution in [0.3, 0.4) is 0 Å². The van der Waals surface area contributed by atoms with Gasteiger partial charge < -0.3 is 15.0 Å². The van der Waals surface area contributed by atoms with Crippen molar-refractivity contribution in [3.8, 4) is 0 Å². The molecule has 0 heterocycles. The molecule has 0 aromatic heterocycles. The summed E-state index contributed by atoms with van der Waals surface area (Å²) in [5, 5.41) is 2.79. The minimum atomic E-state index is -0.992. The van der Waals surface area contributed by atoms with E-state index >= 15 is 0 Å². The third-order valence-electron chi connectivity index (χ3n) is 4.22. The van der Waals surface area contributed by atoms with Gasteiger partial charge in [0.05, 0.1) is 0 Å². The van der Waals surface area contributed by atoms with Crippen LogP contribution in [-0.2, 0) is 14.3 Å². The van der Waals surface area contributed by atoms with Crippen LogP contribution in [0, 0.1) is 0 Å². The molecule has 5 nitrogen and oxygen atoms in total. The molecule has 1 amide bonds. The number of carbonyl (C=O) groups excluding carboxylic acids is 2. The van der Waals surface area contributed by atoms with Crippen LogP contribution >= 0.6 is 0 Å². The second-order valence-corrected chi connectivity index (χ2v) is 5.89. The predicted molar refractivity (Wildman–Crippen MR) is 103 cm³/mol. The highest BCUT2D eigenvalue weighted by Crippen LogP contribution is 2.20. The molecule has 138 valence electrons. The smallest absolute Gasteiger partial charge is 0.323 e. The fraction of sp³-hybridized carbons (Fsp3) is 0.333. The van der Waals surface area contributed by atoms with E-state index in [1.54, 1.807) is 36.4 Å². The zero-order chi connectivity index (χ0) is 18.8. The standard InChI is InChI=1S/C21H26N2O3/c1-3-23(4-2)15-16-26-21(25)19(17-11-7-5-8-12-17)20(24)22-18-13-9-6-10-14-18/h5-14,19H,3-4,15-16H2,1-2H3,(H,22,24)/t19-/m1/s1. The lowest BCUT2D eigenvalue weighted by molar-refractivity contribution is -0.148. The van der Waals surface area contributed by atoms with E-state index in [1.807, 2.05) is 24.3 Å². The van der Waals surface area contributed by atoms with Gasteiger partial charge in [0.25, 0.3) is 0 Å². The summed E-state index contributed by atoms with van der Waals surface area (Å²) in [7, 11) is 0. The molecule has 0 aliphatic rings. The van der Waals surface area contributed by atoms with Gasteiger partial charge in [0.1, 0.15) is 6.61 Å². The lowest BCUT2D eigenvalue weighted by Crippen LogP contribution is -2.32. The molecule has 1 atom stereocenters. The first-order valence-corrected chi connectivity index (χ1v) is 8.95. The molecule has 2 aromatic rings. The number of nitrogens with zero attached hydrogens (tertiary/aromatic N) is 1. The normalized spacial score (nSPS) is 11.8. The topological polar surface area (TPSA) is 58.6 Å². The van der Waals surface area contributed by atoms with Crippen LogP contribution < -0.4 is 5.32 Å². The third-order valence-corrected chi connectivity index (χ3v) is 4.22. The Labute approximate surface area is 155 Å². The monoisotopic (exact) mass is 354 g/mol. The van der Waals surface area contributed by atoms with Crippen molar-refractivity contribution in [2.24, 2.45) is 0 Å². The van der Waals surface area contributed by atoms with Crippen LogP contribution in [0.2, 0.25) is 0 Å². The third kappa shape index (κ3) is 5.70. The Hall–Kier alpha value is -2.66. The number of hydrogen-bond donors (Lipinski definition) is 1. The summed E-state index contributed by atoms with van der Waals surface area (Å²) in [5.74, 6) is -1.92. The number of benzene rings is 2. The highest BCUT2D eigenvalue weighted by molar-refractivity contribution is 6.09. The average Bonchev–Trinajstić information content (AvgIpc) is 2.67. The van der Waals surface area contributed by atoms with Gasteiger partial charge >= 0.3 is 5.97 Å². The summed E-state index contributed by atoms with van der Waals surface area (Å²) in [6, 6.07) is 18.1. The number of amides is 1. The van der Waals surface area contributed by atoms with Crippen molar-refractivity contribution in [2.75, 3.05) is 31.6 Å². The van der Waals surface area contributed by atoms with Gasteiger partial charge in [-0.05, 0) is 30.8 Å². The molecule has 2 rings (SSSR count). The number of para-hydroxylation sites is 1. The van der Waals surface area contributed by atoms with Crippen LogP contribution in [-0.4, -0.2) is 43.0 Å². The van der Waals surface area contributed by atoms with E-state index in [2.05, 4.69) is 24.1 Å². The van der Waals surface area contributed by atoms with E-state index in [9.17, 15) is 9.59 Å². The lowest BCUT2D eigenvalue weighted by Gasteiger charge is -2.20. The number of hydrogen-bond acceptors (Lipinski definition) is 4. The minimum absolute atomic E-state index is 0.266. The molecule has 0 saturated carbocycles. The van der Waals surface area contributed by atoms with E-state index < -0.39 is 17.8 Å². The first kappa shape index (κ1) is 19.7. The van der Waals surface area contributed by atoms with Crippen molar-refractivity contribution in [1.82, 2.24) is 4.90 Å². The van der Waals surface area contributed by atoms with Crippen molar-refractivity contribution in [2.45, 2.75) is 19.8 Å². The van der Waals surface area contributed by atoms with Gasteiger partial charge in [-0.25, -0.2) is 0 Å². The van der Waals surface area contributed by atoms with Crippen LogP contribution in [0.5, 0.6) is 0 Å². The Morgan fingerprint density at radius 2 is 1.54 bits per heavy atom. The lowest BCUT2D eigenvalue weighted by atomic mass is 9.98. The Bertz CT molecular complexity index is 685. The van der Waals surface area contributed by atoms with Crippen LogP contribution in [0.1, 0.15) is 25.3 Å². The number of anilines is 1. The van der Waals surface area contributed by atoms with Crippen molar-refractivity contribution >= 4 is 17.6 Å². The van der Waals surface area contributed by atoms with Crippen molar-refractivity contribution in [1.29, 1.82) is 0 Å². The summed E-state index contributed by atoms with van der Waals surface area (Å²) in [5.41, 5.74) is 1.27. The van der Waals surface area contributed by atoms with Gasteiger partial charge in [-0.2, -0.15) is 0 Å². The van der Waals surface area contributed by atoms with Crippen LogP contribution in [0.15, 0.2) is 60.7 Å². The van der Waals surface area contributed by atoms with E-state index in [4.69, 9.17) is 4.74 Å². The maximum atomic E-state index is 12.7. The average molecular weight is 354 g/mol. The molecule has 26 heavy (non-hydrogen) atoms. The molecule has 0 spiro atoms. The molecular weight excluding hydrogens is 328 g/mol. The van der Waals surface area contributed by atoms with E-state index in [0.717, 1.165) is 13.1 Å². The number of rotatable bonds is 9. The van der Waals surface area contributed by atoms with Crippen LogP contribution in [0.4, 0.5) is 5.69 Å². The van der Waals surface area contributed by atoms with Gasteiger partial charge in [-0.1, -0.05) is 62.4 Å². The van der Waals surface area contributed by atoms with Crippen LogP contribution in [0.25, 0.3) is 0 Å². The molecular formula is C21H26N2O3. The number of carbonyl (C=O) groups is 2.